The fraction of sp³-hybridized carbons (Fsp3) is 0.235. The molecule has 2 aromatic rings. The van der Waals surface area contributed by atoms with Crippen LogP contribution in [0.2, 0.25) is 0 Å². The summed E-state index contributed by atoms with van der Waals surface area (Å²) in [5.74, 6) is 1.51. The first kappa shape index (κ1) is 10.5. The molecule has 0 atom stereocenters. The zero-order valence-corrected chi connectivity index (χ0v) is 10.2. The molecule has 0 heterocycles. The topological polar surface area (TPSA) is 0 Å². The fourth-order valence-electron chi connectivity index (χ4n) is 2.86. The molecule has 17 heavy (non-hydrogen) atoms. The van der Waals surface area contributed by atoms with Crippen LogP contribution in [0, 0.1) is 5.92 Å². The fourth-order valence-corrected chi connectivity index (χ4v) is 2.86. The molecule has 1 aliphatic carbocycles. The van der Waals surface area contributed by atoms with Crippen LogP contribution in [0.15, 0.2) is 48.5 Å². The van der Waals surface area contributed by atoms with Gasteiger partial charge in [0, 0.05) is 42.0 Å². The third-order valence-electron chi connectivity index (χ3n) is 3.70. The third-order valence-corrected chi connectivity index (χ3v) is 3.70. The summed E-state index contributed by atoms with van der Waals surface area (Å²) in [6.07, 6.45) is 3.43. The SMILES string of the molecule is CC[C+]1c2ccccc2CCc2ccccc21. The minimum atomic E-state index is 1.11. The molecule has 0 saturated heterocycles. The number of benzene rings is 2. The Morgan fingerprint density at radius 2 is 1.29 bits per heavy atom. The molecule has 0 heteroatoms. The minimum Gasteiger partial charge on any atom is -0.0542 e. The van der Waals surface area contributed by atoms with E-state index in [1.54, 1.807) is 0 Å². The molecule has 0 amide bonds. The lowest BCUT2D eigenvalue weighted by molar-refractivity contribution is 0.965. The van der Waals surface area contributed by atoms with Crippen molar-refractivity contribution in [2.45, 2.75) is 26.2 Å². The van der Waals surface area contributed by atoms with Crippen LogP contribution in [0.25, 0.3) is 0 Å². The van der Waals surface area contributed by atoms with Crippen LogP contribution >= 0.6 is 0 Å². The largest absolute Gasteiger partial charge is 0.0787 e. The van der Waals surface area contributed by atoms with Gasteiger partial charge in [-0.25, -0.2) is 0 Å². The molecule has 0 nitrogen and oxygen atoms in total. The monoisotopic (exact) mass is 221 g/mol. The number of hydrogen-bond acceptors (Lipinski definition) is 0. The Labute approximate surface area is 103 Å². The van der Waals surface area contributed by atoms with Crippen molar-refractivity contribution < 1.29 is 0 Å². The molecule has 0 radical (unpaired) electrons. The molecular weight excluding hydrogens is 204 g/mol. The molecule has 84 valence electrons. The van der Waals surface area contributed by atoms with E-state index in [1.807, 2.05) is 0 Å². The molecule has 0 saturated carbocycles. The van der Waals surface area contributed by atoms with Gasteiger partial charge in [-0.05, 0) is 42.8 Å². The van der Waals surface area contributed by atoms with Gasteiger partial charge < -0.3 is 0 Å². The Morgan fingerprint density at radius 1 is 0.824 bits per heavy atom. The van der Waals surface area contributed by atoms with Crippen molar-refractivity contribution in [3.63, 3.8) is 0 Å². The second-order valence-electron chi connectivity index (χ2n) is 4.65. The first-order valence-corrected chi connectivity index (χ1v) is 6.42. The molecule has 0 bridgehead atoms. The molecule has 0 spiro atoms. The van der Waals surface area contributed by atoms with E-state index in [0.29, 0.717) is 0 Å². The van der Waals surface area contributed by atoms with E-state index in [-0.39, 0.29) is 0 Å². The smallest absolute Gasteiger partial charge is 0.0542 e. The summed E-state index contributed by atoms with van der Waals surface area (Å²) in [6, 6.07) is 17.7. The molecular formula is C17H17+. The van der Waals surface area contributed by atoms with E-state index in [2.05, 4.69) is 55.5 Å². The summed E-state index contributed by atoms with van der Waals surface area (Å²) in [5, 5.41) is 0. The summed E-state index contributed by atoms with van der Waals surface area (Å²) in [4.78, 5) is 0. The first-order chi connectivity index (χ1) is 8.40. The lowest BCUT2D eigenvalue weighted by Gasteiger charge is -2.11. The van der Waals surface area contributed by atoms with Crippen LogP contribution < -0.4 is 0 Å². The lowest BCUT2D eigenvalue weighted by atomic mass is 9.86. The highest BCUT2D eigenvalue weighted by Gasteiger charge is 2.27. The number of fused-ring (bicyclic) bond motifs is 2. The second kappa shape index (κ2) is 4.29. The highest BCUT2D eigenvalue weighted by molar-refractivity contribution is 5.54. The van der Waals surface area contributed by atoms with Crippen molar-refractivity contribution in [3.05, 3.63) is 76.7 Å². The van der Waals surface area contributed by atoms with Gasteiger partial charge in [0.25, 0.3) is 0 Å². The third kappa shape index (κ3) is 1.74. The highest BCUT2D eigenvalue weighted by atomic mass is 14.2. The minimum absolute atomic E-state index is 1.11. The average Bonchev–Trinajstić information content (AvgIpc) is 2.55. The summed E-state index contributed by atoms with van der Waals surface area (Å²) < 4.78 is 0. The summed E-state index contributed by atoms with van der Waals surface area (Å²) in [7, 11) is 0. The van der Waals surface area contributed by atoms with Crippen LogP contribution in [0.3, 0.4) is 0 Å². The van der Waals surface area contributed by atoms with E-state index < -0.39 is 0 Å². The van der Waals surface area contributed by atoms with Crippen molar-refractivity contribution in [1.29, 1.82) is 0 Å². The van der Waals surface area contributed by atoms with Gasteiger partial charge >= 0.3 is 0 Å². The predicted octanol–water partition coefficient (Wildman–Crippen LogP) is 4.17. The van der Waals surface area contributed by atoms with Gasteiger partial charge in [-0.2, -0.15) is 0 Å². The Hall–Kier alpha value is -1.69. The zero-order valence-electron chi connectivity index (χ0n) is 10.2. The summed E-state index contributed by atoms with van der Waals surface area (Å²) in [6.45, 7) is 2.26. The van der Waals surface area contributed by atoms with Gasteiger partial charge in [0.2, 0.25) is 0 Å². The molecule has 3 rings (SSSR count). The Balaban J connectivity index is 2.19. The molecule has 0 N–H and O–H groups in total. The maximum atomic E-state index is 2.27. The van der Waals surface area contributed by atoms with E-state index in [9.17, 15) is 0 Å². The van der Waals surface area contributed by atoms with Gasteiger partial charge in [0.05, 0.1) is 11.1 Å². The highest BCUT2D eigenvalue weighted by Crippen LogP contribution is 2.35. The van der Waals surface area contributed by atoms with E-state index in [1.165, 1.54) is 28.2 Å². The molecule has 0 fully saturated rings. The summed E-state index contributed by atoms with van der Waals surface area (Å²) in [5.41, 5.74) is 5.92. The average molecular weight is 221 g/mol. The maximum Gasteiger partial charge on any atom is 0.0787 e. The van der Waals surface area contributed by atoms with Gasteiger partial charge in [0.15, 0.2) is 0 Å². The first-order valence-electron chi connectivity index (χ1n) is 6.42. The van der Waals surface area contributed by atoms with Crippen molar-refractivity contribution in [2.24, 2.45) is 0 Å². The van der Waals surface area contributed by atoms with E-state index in [4.69, 9.17) is 0 Å². The van der Waals surface area contributed by atoms with Gasteiger partial charge in [-0.1, -0.05) is 6.92 Å². The van der Waals surface area contributed by atoms with Gasteiger partial charge in [-0.15, -0.1) is 0 Å². The van der Waals surface area contributed by atoms with Crippen molar-refractivity contribution in [1.82, 2.24) is 0 Å². The molecule has 0 aliphatic heterocycles. The number of aryl methyl sites for hydroxylation is 2. The van der Waals surface area contributed by atoms with Crippen LogP contribution in [0.1, 0.15) is 35.6 Å². The summed E-state index contributed by atoms with van der Waals surface area (Å²) >= 11 is 0. The van der Waals surface area contributed by atoms with Crippen LogP contribution in [-0.4, -0.2) is 0 Å². The van der Waals surface area contributed by atoms with Gasteiger partial charge in [-0.3, -0.25) is 0 Å². The molecule has 1 aliphatic rings. The van der Waals surface area contributed by atoms with Crippen molar-refractivity contribution in [3.8, 4) is 0 Å². The molecule has 2 aromatic carbocycles. The number of hydrogen-bond donors (Lipinski definition) is 0. The Morgan fingerprint density at radius 3 is 1.76 bits per heavy atom. The van der Waals surface area contributed by atoms with E-state index in [0.717, 1.165) is 19.3 Å². The number of rotatable bonds is 1. The second-order valence-corrected chi connectivity index (χ2v) is 4.65. The Bertz CT molecular complexity index is 478. The maximum absolute atomic E-state index is 2.27. The standard InChI is InChI=1S/C17H17/c1-2-15-16-9-5-3-7-13(16)11-12-14-8-4-6-10-17(14)15/h3-10H,2,11-12H2,1H3/q+1. The van der Waals surface area contributed by atoms with Crippen molar-refractivity contribution in [2.75, 3.05) is 0 Å². The normalized spacial score (nSPS) is 13.8. The zero-order chi connectivity index (χ0) is 11.7. The quantitative estimate of drug-likeness (QED) is 0.634. The lowest BCUT2D eigenvalue weighted by Crippen LogP contribution is -2.03. The Kier molecular flexibility index (Phi) is 2.64. The molecule has 0 aromatic heterocycles. The van der Waals surface area contributed by atoms with Crippen molar-refractivity contribution >= 4 is 0 Å². The van der Waals surface area contributed by atoms with Crippen LogP contribution in [0.4, 0.5) is 0 Å². The molecule has 0 unspecified atom stereocenters. The van der Waals surface area contributed by atoms with E-state index >= 15 is 0 Å². The van der Waals surface area contributed by atoms with Crippen LogP contribution in [-0.2, 0) is 12.8 Å². The van der Waals surface area contributed by atoms with Crippen LogP contribution in [0.5, 0.6) is 0 Å². The van der Waals surface area contributed by atoms with Gasteiger partial charge in [0.1, 0.15) is 0 Å². The predicted molar refractivity (Wildman–Crippen MR) is 72.0 cm³/mol.